The number of hydrogen-bond acceptors (Lipinski definition) is 7. The van der Waals surface area contributed by atoms with Gasteiger partial charge < -0.3 is 24.9 Å². The first-order chi connectivity index (χ1) is 19.6. The van der Waals surface area contributed by atoms with Crippen LogP contribution in [-0.2, 0) is 28.0 Å². The van der Waals surface area contributed by atoms with E-state index in [-0.39, 0.29) is 19.0 Å². The second-order valence-electron chi connectivity index (χ2n) is 9.62. The minimum absolute atomic E-state index is 0.00668. The van der Waals surface area contributed by atoms with Crippen LogP contribution in [0.15, 0.2) is 72.8 Å². The van der Waals surface area contributed by atoms with Gasteiger partial charge in [0.1, 0.15) is 11.5 Å². The van der Waals surface area contributed by atoms with E-state index >= 15 is 0 Å². The second kappa shape index (κ2) is 13.4. The Bertz CT molecular complexity index is 1430. The van der Waals surface area contributed by atoms with Crippen LogP contribution in [0.5, 0.6) is 11.5 Å². The molecule has 0 aromatic heterocycles. The lowest BCUT2D eigenvalue weighted by Gasteiger charge is -2.22. The highest BCUT2D eigenvalue weighted by atomic mass is 32.2. The smallest absolute Gasteiger partial charge is 0.432 e. The van der Waals surface area contributed by atoms with Gasteiger partial charge in [-0.3, -0.25) is 0 Å². The molecule has 1 atom stereocenters. The first kappa shape index (κ1) is 29.7. The van der Waals surface area contributed by atoms with Gasteiger partial charge in [-0.05, 0) is 65.4 Å². The molecule has 3 aromatic rings. The molecular formula is C29H34N4O7S. The minimum Gasteiger partial charge on any atom is -0.497 e. The minimum atomic E-state index is -3.23. The van der Waals surface area contributed by atoms with Crippen molar-refractivity contribution in [3.8, 4) is 11.5 Å². The van der Waals surface area contributed by atoms with Crippen LogP contribution in [0.1, 0.15) is 29.0 Å². The molecule has 12 heteroatoms. The molecule has 1 aliphatic heterocycles. The van der Waals surface area contributed by atoms with Crippen molar-refractivity contribution in [2.45, 2.75) is 25.4 Å². The number of amides is 3. The molecule has 0 saturated carbocycles. The first-order valence-electron chi connectivity index (χ1n) is 13.0. The molecule has 0 aliphatic carbocycles. The fourth-order valence-corrected chi connectivity index (χ4v) is 5.31. The summed E-state index contributed by atoms with van der Waals surface area (Å²) in [5.74, 6) is 1.44. The molecule has 1 unspecified atom stereocenters. The molecule has 4 rings (SSSR count). The lowest BCUT2D eigenvalue weighted by Crippen LogP contribution is -2.39. The van der Waals surface area contributed by atoms with E-state index in [0.29, 0.717) is 30.3 Å². The maximum absolute atomic E-state index is 13.2. The Balaban J connectivity index is 1.40. The van der Waals surface area contributed by atoms with Gasteiger partial charge in [0.15, 0.2) is 0 Å². The third-order valence-corrected chi connectivity index (χ3v) is 8.02. The zero-order valence-corrected chi connectivity index (χ0v) is 24.0. The molecular weight excluding hydrogens is 548 g/mol. The van der Waals surface area contributed by atoms with Crippen molar-refractivity contribution in [1.29, 1.82) is 0 Å². The molecule has 1 heterocycles. The Kier molecular flexibility index (Phi) is 9.69. The van der Waals surface area contributed by atoms with Gasteiger partial charge in [-0.1, -0.05) is 36.4 Å². The Morgan fingerprint density at radius 3 is 2.02 bits per heavy atom. The average molecular weight is 583 g/mol. The van der Waals surface area contributed by atoms with E-state index in [2.05, 4.69) is 10.6 Å². The number of nitrogens with one attached hydrogen (secondary N) is 2. The highest BCUT2D eigenvalue weighted by Gasteiger charge is 2.29. The lowest BCUT2D eigenvalue weighted by atomic mass is 9.98. The first-order valence-corrected chi connectivity index (χ1v) is 14.8. The topological polar surface area (TPSA) is 127 Å². The van der Waals surface area contributed by atoms with E-state index in [0.717, 1.165) is 28.2 Å². The van der Waals surface area contributed by atoms with E-state index in [1.165, 1.54) is 10.6 Å². The molecule has 11 nitrogen and oxygen atoms in total. The summed E-state index contributed by atoms with van der Waals surface area (Å²) >= 11 is 0. The fraction of sp³-hybridized carbons (Fsp3) is 0.310. The standard InChI is InChI=1S/C29H34N4O7S/c1-38-26-12-4-21(5-13-26)18-30-29(35)40-33(19-22-6-14-27(39-2)15-7-22)28(34)31-25-10-8-23(9-11-25)24-16-17-32(20-24)41(3,36)37/h4-15,24H,16-20H2,1-3H3,(H,30,35)(H,31,34). The van der Waals surface area contributed by atoms with E-state index in [9.17, 15) is 18.0 Å². The predicted molar refractivity (Wildman–Crippen MR) is 154 cm³/mol. The lowest BCUT2D eigenvalue weighted by molar-refractivity contribution is -0.0603. The maximum Gasteiger partial charge on any atom is 0.432 e. The van der Waals surface area contributed by atoms with Crippen LogP contribution in [-0.4, -0.2) is 63.5 Å². The Hall–Kier alpha value is -4.29. The largest absolute Gasteiger partial charge is 0.497 e. The number of rotatable bonds is 9. The van der Waals surface area contributed by atoms with Crippen molar-refractivity contribution >= 4 is 27.8 Å². The average Bonchev–Trinajstić information content (AvgIpc) is 3.48. The number of sulfonamides is 1. The molecule has 1 fully saturated rings. The number of carbonyl (C=O) groups excluding carboxylic acids is 2. The molecule has 0 spiro atoms. The van der Waals surface area contributed by atoms with Crippen LogP contribution in [0.3, 0.4) is 0 Å². The zero-order valence-electron chi connectivity index (χ0n) is 23.2. The fourth-order valence-electron chi connectivity index (χ4n) is 4.42. The summed E-state index contributed by atoms with van der Waals surface area (Å²) in [6.07, 6.45) is 1.15. The van der Waals surface area contributed by atoms with Crippen molar-refractivity contribution in [1.82, 2.24) is 14.7 Å². The van der Waals surface area contributed by atoms with Crippen LogP contribution in [0.4, 0.5) is 15.3 Å². The molecule has 218 valence electrons. The Morgan fingerprint density at radius 2 is 1.49 bits per heavy atom. The summed E-state index contributed by atoms with van der Waals surface area (Å²) in [6.45, 7) is 1.10. The van der Waals surface area contributed by atoms with Crippen molar-refractivity contribution in [3.63, 3.8) is 0 Å². The van der Waals surface area contributed by atoms with Crippen molar-refractivity contribution in [2.75, 3.05) is 38.9 Å². The highest BCUT2D eigenvalue weighted by molar-refractivity contribution is 7.88. The highest BCUT2D eigenvalue weighted by Crippen LogP contribution is 2.29. The van der Waals surface area contributed by atoms with Gasteiger partial charge in [-0.25, -0.2) is 22.3 Å². The van der Waals surface area contributed by atoms with Gasteiger partial charge >= 0.3 is 12.1 Å². The monoisotopic (exact) mass is 582 g/mol. The summed E-state index contributed by atoms with van der Waals surface area (Å²) in [4.78, 5) is 31.3. The molecule has 3 amide bonds. The molecule has 3 aromatic carbocycles. The summed E-state index contributed by atoms with van der Waals surface area (Å²) in [6, 6.07) is 20.8. The van der Waals surface area contributed by atoms with Gasteiger partial charge in [-0.2, -0.15) is 0 Å². The third-order valence-electron chi connectivity index (χ3n) is 6.75. The van der Waals surface area contributed by atoms with Gasteiger partial charge in [0.25, 0.3) is 0 Å². The number of carbonyl (C=O) groups is 2. The number of anilines is 1. The summed E-state index contributed by atoms with van der Waals surface area (Å²) in [7, 11) is -0.0927. The van der Waals surface area contributed by atoms with E-state index < -0.39 is 22.1 Å². The molecule has 2 N–H and O–H groups in total. The van der Waals surface area contributed by atoms with Gasteiger partial charge in [0, 0.05) is 25.3 Å². The Morgan fingerprint density at radius 1 is 0.902 bits per heavy atom. The van der Waals surface area contributed by atoms with Crippen LogP contribution in [0.2, 0.25) is 0 Å². The summed E-state index contributed by atoms with van der Waals surface area (Å²) < 4.78 is 35.5. The van der Waals surface area contributed by atoms with E-state index in [1.807, 2.05) is 24.3 Å². The van der Waals surface area contributed by atoms with E-state index in [4.69, 9.17) is 14.3 Å². The molecule has 0 radical (unpaired) electrons. The number of nitrogens with zero attached hydrogens (tertiary/aromatic N) is 2. The van der Waals surface area contributed by atoms with Crippen molar-refractivity contribution in [3.05, 3.63) is 89.5 Å². The van der Waals surface area contributed by atoms with E-state index in [1.54, 1.807) is 62.8 Å². The number of benzene rings is 3. The number of ether oxygens (including phenoxy) is 2. The second-order valence-corrected chi connectivity index (χ2v) is 11.6. The number of urea groups is 1. The van der Waals surface area contributed by atoms with Gasteiger partial charge in [0.2, 0.25) is 10.0 Å². The quantitative estimate of drug-likeness (QED) is 0.360. The van der Waals surface area contributed by atoms with Crippen LogP contribution in [0, 0.1) is 0 Å². The number of methoxy groups -OCH3 is 2. The van der Waals surface area contributed by atoms with Gasteiger partial charge in [-0.15, -0.1) is 5.06 Å². The third kappa shape index (κ3) is 8.35. The number of hydroxylamine groups is 2. The summed E-state index contributed by atoms with van der Waals surface area (Å²) in [5, 5.41) is 6.36. The van der Waals surface area contributed by atoms with Crippen molar-refractivity contribution in [2.24, 2.45) is 0 Å². The molecule has 1 saturated heterocycles. The van der Waals surface area contributed by atoms with Gasteiger partial charge in [0.05, 0.1) is 27.0 Å². The van der Waals surface area contributed by atoms with Crippen LogP contribution < -0.4 is 20.1 Å². The van der Waals surface area contributed by atoms with Crippen LogP contribution >= 0.6 is 0 Å². The zero-order chi connectivity index (χ0) is 29.4. The summed E-state index contributed by atoms with van der Waals surface area (Å²) in [5.41, 5.74) is 3.03. The predicted octanol–water partition coefficient (Wildman–Crippen LogP) is 4.33. The van der Waals surface area contributed by atoms with Crippen LogP contribution in [0.25, 0.3) is 0 Å². The number of hydrogen-bond donors (Lipinski definition) is 2. The normalized spacial score (nSPS) is 15.1. The SMILES string of the molecule is COc1ccc(CNC(=O)ON(Cc2ccc(OC)cc2)C(=O)Nc2ccc(C3CCN(S(C)(=O)=O)C3)cc2)cc1. The Labute approximate surface area is 240 Å². The molecule has 0 bridgehead atoms. The molecule has 1 aliphatic rings. The molecule has 41 heavy (non-hydrogen) atoms. The maximum atomic E-state index is 13.2. The van der Waals surface area contributed by atoms with Crippen molar-refractivity contribution < 1.29 is 32.3 Å².